The first kappa shape index (κ1) is 12.4. The van der Waals surface area contributed by atoms with Gasteiger partial charge in [0.15, 0.2) is 0 Å². The standard InChI is InChI=1S/C15H23NO/c1-10(2)14(16)12-5-6-13-11(9-12)7-8-15(3,4)17-13/h5-6,9-10,14H,7-8,16H2,1-4H3. The number of ether oxygens (including phenoxy) is 1. The summed E-state index contributed by atoms with van der Waals surface area (Å²) in [5.74, 6) is 1.50. The minimum Gasteiger partial charge on any atom is -0.488 e. The van der Waals surface area contributed by atoms with Crippen molar-refractivity contribution in [1.29, 1.82) is 0 Å². The van der Waals surface area contributed by atoms with Gasteiger partial charge in [0.05, 0.1) is 0 Å². The number of aryl methyl sites for hydroxylation is 1. The topological polar surface area (TPSA) is 35.2 Å². The van der Waals surface area contributed by atoms with Gasteiger partial charge in [0, 0.05) is 6.04 Å². The number of nitrogens with two attached hydrogens (primary N) is 1. The van der Waals surface area contributed by atoms with Gasteiger partial charge in [-0.15, -0.1) is 0 Å². The van der Waals surface area contributed by atoms with Crippen LogP contribution in [-0.4, -0.2) is 5.60 Å². The Bertz CT molecular complexity index is 409. The summed E-state index contributed by atoms with van der Waals surface area (Å²) in [7, 11) is 0. The first-order chi connectivity index (χ1) is 7.89. The number of fused-ring (bicyclic) bond motifs is 1. The number of rotatable bonds is 2. The zero-order chi connectivity index (χ0) is 12.6. The summed E-state index contributed by atoms with van der Waals surface area (Å²) in [5, 5.41) is 0. The van der Waals surface area contributed by atoms with E-state index < -0.39 is 0 Å². The molecular formula is C15H23NO. The average Bonchev–Trinajstić information content (AvgIpc) is 2.26. The van der Waals surface area contributed by atoms with E-state index in [0.717, 1.165) is 18.6 Å². The summed E-state index contributed by atoms with van der Waals surface area (Å²) in [4.78, 5) is 0. The minimum absolute atomic E-state index is 0.0331. The molecular weight excluding hydrogens is 210 g/mol. The van der Waals surface area contributed by atoms with Gasteiger partial charge in [0.1, 0.15) is 11.4 Å². The monoisotopic (exact) mass is 233 g/mol. The highest BCUT2D eigenvalue weighted by Crippen LogP contribution is 2.34. The highest BCUT2D eigenvalue weighted by molar-refractivity contribution is 5.40. The maximum absolute atomic E-state index is 6.18. The van der Waals surface area contributed by atoms with Crippen molar-refractivity contribution < 1.29 is 4.74 Å². The predicted octanol–water partition coefficient (Wildman–Crippen LogP) is 3.45. The second-order valence-corrected chi connectivity index (χ2v) is 6.00. The van der Waals surface area contributed by atoms with Crippen molar-refractivity contribution in [3.63, 3.8) is 0 Å². The Balaban J connectivity index is 2.27. The Kier molecular flexibility index (Phi) is 3.17. The van der Waals surface area contributed by atoms with E-state index in [4.69, 9.17) is 10.5 Å². The van der Waals surface area contributed by atoms with Gasteiger partial charge < -0.3 is 10.5 Å². The van der Waals surface area contributed by atoms with E-state index in [1.807, 2.05) is 0 Å². The molecule has 1 aliphatic rings. The van der Waals surface area contributed by atoms with Gasteiger partial charge in [-0.05, 0) is 49.8 Å². The minimum atomic E-state index is -0.0331. The van der Waals surface area contributed by atoms with Crippen LogP contribution in [0.25, 0.3) is 0 Å². The molecule has 0 radical (unpaired) electrons. The van der Waals surface area contributed by atoms with Crippen LogP contribution in [0.3, 0.4) is 0 Å². The van der Waals surface area contributed by atoms with Crippen molar-refractivity contribution in [1.82, 2.24) is 0 Å². The molecule has 0 amide bonds. The molecule has 0 aromatic heterocycles. The summed E-state index contributed by atoms with van der Waals surface area (Å²) in [6.45, 7) is 8.60. The molecule has 2 heteroatoms. The fourth-order valence-electron chi connectivity index (χ4n) is 2.27. The van der Waals surface area contributed by atoms with Crippen LogP contribution in [0, 0.1) is 5.92 Å². The number of benzene rings is 1. The molecule has 94 valence electrons. The van der Waals surface area contributed by atoms with Gasteiger partial charge in [-0.3, -0.25) is 0 Å². The summed E-state index contributed by atoms with van der Waals surface area (Å²) in [6.07, 6.45) is 2.15. The fraction of sp³-hybridized carbons (Fsp3) is 0.600. The van der Waals surface area contributed by atoms with Crippen molar-refractivity contribution in [3.05, 3.63) is 29.3 Å². The summed E-state index contributed by atoms with van der Waals surface area (Å²) in [6, 6.07) is 6.52. The van der Waals surface area contributed by atoms with E-state index in [0.29, 0.717) is 5.92 Å². The molecule has 0 bridgehead atoms. The molecule has 1 heterocycles. The molecule has 0 aliphatic carbocycles. The molecule has 1 unspecified atom stereocenters. The zero-order valence-corrected chi connectivity index (χ0v) is 11.3. The summed E-state index contributed by atoms with van der Waals surface area (Å²) in [5.41, 5.74) is 8.68. The Hall–Kier alpha value is -1.02. The normalized spacial score (nSPS) is 19.6. The number of hydrogen-bond acceptors (Lipinski definition) is 2. The Morgan fingerprint density at radius 3 is 2.65 bits per heavy atom. The summed E-state index contributed by atoms with van der Waals surface area (Å²) >= 11 is 0. The van der Waals surface area contributed by atoms with Crippen molar-refractivity contribution in [2.24, 2.45) is 11.7 Å². The second kappa shape index (κ2) is 4.34. The van der Waals surface area contributed by atoms with E-state index in [2.05, 4.69) is 45.9 Å². The third kappa shape index (κ3) is 2.63. The van der Waals surface area contributed by atoms with Gasteiger partial charge in [-0.1, -0.05) is 26.0 Å². The summed E-state index contributed by atoms with van der Waals surface area (Å²) < 4.78 is 5.97. The van der Waals surface area contributed by atoms with E-state index >= 15 is 0 Å². The Morgan fingerprint density at radius 1 is 1.29 bits per heavy atom. The highest BCUT2D eigenvalue weighted by Gasteiger charge is 2.26. The van der Waals surface area contributed by atoms with Crippen LogP contribution in [0.5, 0.6) is 5.75 Å². The van der Waals surface area contributed by atoms with Crippen molar-refractivity contribution in [2.45, 2.75) is 52.2 Å². The first-order valence-corrected chi connectivity index (χ1v) is 6.46. The fourth-order valence-corrected chi connectivity index (χ4v) is 2.27. The quantitative estimate of drug-likeness (QED) is 0.849. The van der Waals surface area contributed by atoms with Crippen LogP contribution >= 0.6 is 0 Å². The largest absolute Gasteiger partial charge is 0.488 e. The molecule has 0 spiro atoms. The Morgan fingerprint density at radius 2 is 2.00 bits per heavy atom. The van der Waals surface area contributed by atoms with Crippen molar-refractivity contribution >= 4 is 0 Å². The van der Waals surface area contributed by atoms with Crippen LogP contribution < -0.4 is 10.5 Å². The molecule has 0 saturated carbocycles. The molecule has 2 rings (SSSR count). The molecule has 17 heavy (non-hydrogen) atoms. The molecule has 2 nitrogen and oxygen atoms in total. The third-order valence-corrected chi connectivity index (χ3v) is 3.57. The molecule has 1 aromatic carbocycles. The van der Waals surface area contributed by atoms with Crippen LogP contribution in [0.2, 0.25) is 0 Å². The maximum Gasteiger partial charge on any atom is 0.123 e. The molecule has 2 N–H and O–H groups in total. The molecule has 1 atom stereocenters. The zero-order valence-electron chi connectivity index (χ0n) is 11.3. The lowest BCUT2D eigenvalue weighted by molar-refractivity contribution is 0.0846. The maximum atomic E-state index is 6.18. The Labute approximate surface area is 104 Å². The molecule has 1 aromatic rings. The molecule has 0 saturated heterocycles. The van der Waals surface area contributed by atoms with Crippen LogP contribution in [-0.2, 0) is 6.42 Å². The molecule has 0 fully saturated rings. The third-order valence-electron chi connectivity index (χ3n) is 3.57. The smallest absolute Gasteiger partial charge is 0.123 e. The second-order valence-electron chi connectivity index (χ2n) is 6.00. The average molecular weight is 233 g/mol. The van der Waals surface area contributed by atoms with Gasteiger partial charge in [-0.2, -0.15) is 0 Å². The van der Waals surface area contributed by atoms with E-state index in [9.17, 15) is 0 Å². The lowest BCUT2D eigenvalue weighted by Gasteiger charge is -2.33. The van der Waals surface area contributed by atoms with Gasteiger partial charge >= 0.3 is 0 Å². The van der Waals surface area contributed by atoms with Crippen LogP contribution in [0.4, 0.5) is 0 Å². The van der Waals surface area contributed by atoms with Gasteiger partial charge in [0.2, 0.25) is 0 Å². The predicted molar refractivity (Wildman–Crippen MR) is 71.2 cm³/mol. The van der Waals surface area contributed by atoms with E-state index in [1.54, 1.807) is 0 Å². The molecule has 1 aliphatic heterocycles. The SMILES string of the molecule is CC(C)C(N)c1ccc2c(c1)CCC(C)(C)O2. The first-order valence-electron chi connectivity index (χ1n) is 6.46. The van der Waals surface area contributed by atoms with Gasteiger partial charge in [-0.25, -0.2) is 0 Å². The van der Waals surface area contributed by atoms with E-state index in [-0.39, 0.29) is 11.6 Å². The lowest BCUT2D eigenvalue weighted by Crippen LogP contribution is -2.32. The van der Waals surface area contributed by atoms with E-state index in [1.165, 1.54) is 11.1 Å². The van der Waals surface area contributed by atoms with Gasteiger partial charge in [0.25, 0.3) is 0 Å². The van der Waals surface area contributed by atoms with Crippen molar-refractivity contribution in [2.75, 3.05) is 0 Å². The lowest BCUT2D eigenvalue weighted by atomic mass is 9.90. The number of hydrogen-bond donors (Lipinski definition) is 1. The highest BCUT2D eigenvalue weighted by atomic mass is 16.5. The van der Waals surface area contributed by atoms with Crippen molar-refractivity contribution in [3.8, 4) is 5.75 Å². The van der Waals surface area contributed by atoms with Crippen LogP contribution in [0.1, 0.15) is 51.3 Å². The van der Waals surface area contributed by atoms with Crippen LogP contribution in [0.15, 0.2) is 18.2 Å².